The predicted molar refractivity (Wildman–Crippen MR) is 71.9 cm³/mol. The fourth-order valence-corrected chi connectivity index (χ4v) is 4.66. The van der Waals surface area contributed by atoms with Gasteiger partial charge in [-0.3, -0.25) is 0 Å². The normalized spacial score (nSPS) is 40.1. The van der Waals surface area contributed by atoms with Crippen LogP contribution in [0.3, 0.4) is 0 Å². The summed E-state index contributed by atoms with van der Waals surface area (Å²) < 4.78 is 24.5. The number of nitrogens with one attached hydrogen (secondary N) is 1. The van der Waals surface area contributed by atoms with Crippen LogP contribution in [0.5, 0.6) is 5.75 Å². The lowest BCUT2D eigenvalue weighted by Gasteiger charge is -2.56. The van der Waals surface area contributed by atoms with Gasteiger partial charge < -0.3 is 10.4 Å². The van der Waals surface area contributed by atoms with Gasteiger partial charge in [-0.1, -0.05) is 18.9 Å². The first-order valence-corrected chi connectivity index (χ1v) is 7.12. The summed E-state index contributed by atoms with van der Waals surface area (Å²) in [5, 5.41) is 13.7. The molecule has 2 N–H and O–H groups in total. The van der Waals surface area contributed by atoms with Crippen LogP contribution in [0.1, 0.15) is 47.3 Å². The van der Waals surface area contributed by atoms with Crippen molar-refractivity contribution in [3.8, 4) is 5.75 Å². The maximum absolute atomic E-state index is 10.1. The Morgan fingerprint density at radius 1 is 1.33 bits per heavy atom. The van der Waals surface area contributed by atoms with Crippen molar-refractivity contribution in [3.63, 3.8) is 0 Å². The van der Waals surface area contributed by atoms with Crippen molar-refractivity contribution in [1.29, 1.82) is 0 Å². The molecule has 1 saturated heterocycles. The SMILES string of the molecule is [2H]c1c([2H])c2c(c([2H])c1O)[C@@]13CCCC[C@H]1[C@H](C2)NCC3. The van der Waals surface area contributed by atoms with Gasteiger partial charge in [-0.25, -0.2) is 0 Å². The second-order valence-corrected chi connectivity index (χ2v) is 6.10. The number of piperidine rings is 1. The van der Waals surface area contributed by atoms with Crippen molar-refractivity contribution in [2.24, 2.45) is 5.92 Å². The number of phenolic OH excluding ortho intramolecular Hbond substituents is 1. The zero-order valence-corrected chi connectivity index (χ0v) is 10.6. The summed E-state index contributed by atoms with van der Waals surface area (Å²) in [6.07, 6.45) is 6.36. The second kappa shape index (κ2) is 3.74. The molecule has 96 valence electrons. The molecule has 3 atom stereocenters. The molecule has 2 bridgehead atoms. The van der Waals surface area contributed by atoms with Gasteiger partial charge in [-0.2, -0.15) is 0 Å². The van der Waals surface area contributed by atoms with Crippen LogP contribution in [0.2, 0.25) is 0 Å². The van der Waals surface area contributed by atoms with Crippen molar-refractivity contribution in [2.75, 3.05) is 6.54 Å². The van der Waals surface area contributed by atoms with Crippen LogP contribution in [-0.2, 0) is 11.8 Å². The Balaban J connectivity index is 2.02. The van der Waals surface area contributed by atoms with E-state index in [1.54, 1.807) is 0 Å². The summed E-state index contributed by atoms with van der Waals surface area (Å²) in [7, 11) is 0. The van der Waals surface area contributed by atoms with E-state index in [9.17, 15) is 5.11 Å². The summed E-state index contributed by atoms with van der Waals surface area (Å²) in [6, 6.07) is 0.454. The molecule has 2 heteroatoms. The summed E-state index contributed by atoms with van der Waals surface area (Å²) in [4.78, 5) is 0. The Bertz CT molecular complexity index is 614. The molecule has 1 saturated carbocycles. The summed E-state index contributed by atoms with van der Waals surface area (Å²) in [5.41, 5.74) is 1.71. The zero-order valence-electron chi connectivity index (χ0n) is 13.6. The number of aromatic hydroxyl groups is 1. The Hall–Kier alpha value is -1.02. The predicted octanol–water partition coefficient (Wildman–Crippen LogP) is 2.74. The van der Waals surface area contributed by atoms with Gasteiger partial charge in [0.15, 0.2) is 0 Å². The van der Waals surface area contributed by atoms with Crippen LogP contribution in [0, 0.1) is 5.92 Å². The third-order valence-corrected chi connectivity index (χ3v) is 5.36. The smallest absolute Gasteiger partial charge is 0.115 e. The second-order valence-electron chi connectivity index (χ2n) is 6.10. The number of phenols is 1. The van der Waals surface area contributed by atoms with Crippen LogP contribution in [0.4, 0.5) is 0 Å². The lowest BCUT2D eigenvalue weighted by Crippen LogP contribution is -2.59. The minimum absolute atomic E-state index is 0.0419. The third-order valence-electron chi connectivity index (χ3n) is 5.36. The van der Waals surface area contributed by atoms with Crippen molar-refractivity contribution < 1.29 is 9.22 Å². The quantitative estimate of drug-likeness (QED) is 0.738. The van der Waals surface area contributed by atoms with Crippen molar-refractivity contribution in [1.82, 2.24) is 5.32 Å². The van der Waals surface area contributed by atoms with Gasteiger partial charge in [0.1, 0.15) is 5.75 Å². The maximum Gasteiger partial charge on any atom is 0.115 e. The van der Waals surface area contributed by atoms with Gasteiger partial charge in [-0.15, -0.1) is 0 Å². The Kier molecular flexibility index (Phi) is 1.70. The first kappa shape index (κ1) is 8.21. The molecular weight excluding hydrogens is 222 g/mol. The molecule has 0 spiro atoms. The molecule has 2 nitrogen and oxygen atoms in total. The molecule has 1 aliphatic heterocycles. The highest BCUT2D eigenvalue weighted by molar-refractivity contribution is 5.45. The number of benzene rings is 1. The first-order chi connectivity index (χ1) is 10.1. The number of hydrogen-bond donors (Lipinski definition) is 2. The van der Waals surface area contributed by atoms with Gasteiger partial charge >= 0.3 is 0 Å². The average molecular weight is 246 g/mol. The van der Waals surface area contributed by atoms with E-state index in [4.69, 9.17) is 4.11 Å². The van der Waals surface area contributed by atoms with E-state index in [0.717, 1.165) is 36.9 Å². The third kappa shape index (κ3) is 1.33. The molecule has 3 aliphatic rings. The minimum atomic E-state index is -0.297. The van der Waals surface area contributed by atoms with E-state index < -0.39 is 0 Å². The van der Waals surface area contributed by atoms with Crippen LogP contribution < -0.4 is 5.32 Å². The van der Waals surface area contributed by atoms with E-state index >= 15 is 0 Å². The van der Waals surface area contributed by atoms with Crippen LogP contribution in [-0.4, -0.2) is 17.7 Å². The summed E-state index contributed by atoms with van der Waals surface area (Å²) >= 11 is 0. The summed E-state index contributed by atoms with van der Waals surface area (Å²) in [6.45, 7) is 0.955. The molecule has 0 aromatic heterocycles. The summed E-state index contributed by atoms with van der Waals surface area (Å²) in [5.74, 6) is 0.224. The van der Waals surface area contributed by atoms with Gasteiger partial charge in [0, 0.05) is 11.5 Å². The van der Waals surface area contributed by atoms with Gasteiger partial charge in [0.2, 0.25) is 0 Å². The van der Waals surface area contributed by atoms with Crippen LogP contribution in [0.25, 0.3) is 0 Å². The van der Waals surface area contributed by atoms with E-state index in [-0.39, 0.29) is 29.3 Å². The van der Waals surface area contributed by atoms with Gasteiger partial charge in [0.25, 0.3) is 0 Å². The minimum Gasteiger partial charge on any atom is -0.508 e. The Labute approximate surface area is 113 Å². The van der Waals surface area contributed by atoms with Gasteiger partial charge in [-0.05, 0) is 61.4 Å². The molecule has 1 aromatic carbocycles. The van der Waals surface area contributed by atoms with E-state index in [0.29, 0.717) is 12.0 Å². The zero-order chi connectivity index (χ0) is 14.8. The van der Waals surface area contributed by atoms with Gasteiger partial charge in [0.05, 0.1) is 4.11 Å². The average Bonchev–Trinajstić information content (AvgIpc) is 2.50. The number of hydrogen-bond acceptors (Lipinski definition) is 2. The molecule has 0 amide bonds. The topological polar surface area (TPSA) is 32.3 Å². The monoisotopic (exact) mass is 246 g/mol. The number of rotatable bonds is 0. The lowest BCUT2D eigenvalue weighted by molar-refractivity contribution is 0.0795. The Morgan fingerprint density at radius 3 is 3.22 bits per heavy atom. The number of fused-ring (bicyclic) bond motifs is 1. The van der Waals surface area contributed by atoms with Crippen LogP contribution in [0.15, 0.2) is 18.1 Å². The highest BCUT2D eigenvalue weighted by Crippen LogP contribution is 2.54. The largest absolute Gasteiger partial charge is 0.508 e. The van der Waals surface area contributed by atoms with Crippen LogP contribution >= 0.6 is 0 Å². The highest BCUT2D eigenvalue weighted by atomic mass is 16.3. The molecule has 1 aromatic rings. The van der Waals surface area contributed by atoms with E-state index in [1.807, 2.05) is 0 Å². The lowest BCUT2D eigenvalue weighted by atomic mass is 9.53. The molecular formula is C16H21NO. The molecule has 2 fully saturated rings. The van der Waals surface area contributed by atoms with Crippen molar-refractivity contribution in [2.45, 2.75) is 50.0 Å². The molecule has 4 rings (SSSR count). The van der Waals surface area contributed by atoms with Crippen molar-refractivity contribution >= 4 is 0 Å². The van der Waals surface area contributed by atoms with E-state index in [2.05, 4.69) is 5.32 Å². The molecule has 0 unspecified atom stereocenters. The molecule has 0 radical (unpaired) electrons. The molecule has 1 heterocycles. The molecule has 18 heavy (non-hydrogen) atoms. The maximum atomic E-state index is 10.1. The highest BCUT2D eigenvalue weighted by Gasteiger charge is 2.51. The first-order valence-electron chi connectivity index (χ1n) is 8.62. The van der Waals surface area contributed by atoms with E-state index in [1.165, 1.54) is 19.3 Å². The fourth-order valence-electron chi connectivity index (χ4n) is 4.66. The fraction of sp³-hybridized carbons (Fsp3) is 0.625. The Morgan fingerprint density at radius 2 is 2.28 bits per heavy atom. The van der Waals surface area contributed by atoms with Crippen molar-refractivity contribution in [3.05, 3.63) is 29.3 Å². The standard InChI is InChI=1S/C16H21NO/c18-12-5-4-11-9-15-13-3-1-2-6-16(13,7-8-17-15)14(11)10-12/h4-5,10,13,15,17-18H,1-3,6-9H2/t13-,15-,16+/m0/s1/i4D,5D,10D. The molecule has 2 aliphatic carbocycles.